The molecule has 6 nitrogen and oxygen atoms in total. The van der Waals surface area contributed by atoms with E-state index in [0.29, 0.717) is 10.6 Å². The van der Waals surface area contributed by atoms with Gasteiger partial charge in [0.25, 0.3) is 5.91 Å². The van der Waals surface area contributed by atoms with Crippen LogP contribution in [0.25, 0.3) is 11.5 Å². The summed E-state index contributed by atoms with van der Waals surface area (Å²) >= 11 is 5.97. The Morgan fingerprint density at radius 2 is 2.00 bits per heavy atom. The molecule has 1 heterocycles. The third kappa shape index (κ3) is 4.37. The van der Waals surface area contributed by atoms with E-state index >= 15 is 0 Å². The predicted molar refractivity (Wildman–Crippen MR) is 101 cm³/mol. The molecule has 0 saturated heterocycles. The summed E-state index contributed by atoms with van der Waals surface area (Å²) in [5, 5.41) is 12.2. The molecule has 1 amide bonds. The summed E-state index contributed by atoms with van der Waals surface area (Å²) in [7, 11) is 0. The number of carbonyl (C=O) groups is 2. The van der Waals surface area contributed by atoms with Crippen molar-refractivity contribution in [3.05, 3.63) is 76.4 Å². The second kappa shape index (κ2) is 8.22. The van der Waals surface area contributed by atoms with E-state index in [1.54, 1.807) is 30.3 Å². The number of carboxylic acid groups (broad SMARTS) is 1. The zero-order chi connectivity index (χ0) is 20.3. The Bertz CT molecular complexity index is 1030. The summed E-state index contributed by atoms with van der Waals surface area (Å²) in [5.41, 5.74) is 0.621. The largest absolute Gasteiger partial charge is 0.481 e. The van der Waals surface area contributed by atoms with Gasteiger partial charge in [-0.2, -0.15) is 0 Å². The quantitative estimate of drug-likeness (QED) is 0.638. The van der Waals surface area contributed by atoms with Gasteiger partial charge in [-0.15, -0.1) is 0 Å². The van der Waals surface area contributed by atoms with Crippen LogP contribution in [-0.4, -0.2) is 22.0 Å². The van der Waals surface area contributed by atoms with Crippen molar-refractivity contribution in [3.8, 4) is 11.5 Å². The Balaban J connectivity index is 1.88. The van der Waals surface area contributed by atoms with Crippen LogP contribution >= 0.6 is 11.6 Å². The fraction of sp³-hybridized carbons (Fsp3) is 0.150. The minimum absolute atomic E-state index is 0.0294. The number of nitrogens with one attached hydrogen (secondary N) is 1. The van der Waals surface area contributed by atoms with Crippen molar-refractivity contribution in [2.24, 2.45) is 0 Å². The molecular weight excluding hydrogens is 387 g/mol. The van der Waals surface area contributed by atoms with Crippen molar-refractivity contribution >= 4 is 23.5 Å². The van der Waals surface area contributed by atoms with Crippen LogP contribution < -0.4 is 5.32 Å². The first-order chi connectivity index (χ1) is 13.3. The summed E-state index contributed by atoms with van der Waals surface area (Å²) in [5.74, 6) is -2.09. The number of aromatic nitrogens is 1. The van der Waals surface area contributed by atoms with Crippen molar-refractivity contribution in [1.82, 2.24) is 10.3 Å². The minimum atomic E-state index is -1.09. The summed E-state index contributed by atoms with van der Waals surface area (Å²) in [6.45, 7) is 1.53. The summed E-state index contributed by atoms with van der Waals surface area (Å²) in [4.78, 5) is 28.0. The highest BCUT2D eigenvalue weighted by Gasteiger charge is 2.24. The number of rotatable bonds is 6. The fourth-order valence-electron chi connectivity index (χ4n) is 2.73. The van der Waals surface area contributed by atoms with Crippen LogP contribution in [0.1, 0.15) is 34.3 Å². The first-order valence-corrected chi connectivity index (χ1v) is 8.73. The first kappa shape index (κ1) is 19.6. The van der Waals surface area contributed by atoms with Gasteiger partial charge in [-0.1, -0.05) is 35.9 Å². The maximum Gasteiger partial charge on any atom is 0.305 e. The van der Waals surface area contributed by atoms with Crippen LogP contribution in [0, 0.1) is 12.7 Å². The maximum absolute atomic E-state index is 14.0. The lowest BCUT2D eigenvalue weighted by molar-refractivity contribution is -0.137. The zero-order valence-corrected chi connectivity index (χ0v) is 15.5. The zero-order valence-electron chi connectivity index (χ0n) is 14.8. The topological polar surface area (TPSA) is 92.4 Å². The molecule has 0 spiro atoms. The number of hydrogen-bond acceptors (Lipinski definition) is 4. The van der Waals surface area contributed by atoms with E-state index in [0.717, 1.165) is 0 Å². The average Bonchev–Trinajstić information content (AvgIpc) is 3.03. The molecule has 28 heavy (non-hydrogen) atoms. The Labute approximate surface area is 165 Å². The van der Waals surface area contributed by atoms with E-state index in [-0.39, 0.29) is 29.3 Å². The molecule has 0 fully saturated rings. The monoisotopic (exact) mass is 402 g/mol. The number of hydrogen-bond donors (Lipinski definition) is 2. The summed E-state index contributed by atoms with van der Waals surface area (Å²) < 4.78 is 19.4. The SMILES string of the molecule is Cc1oc(-c2ccccc2F)nc1C(=O)N[C@@H](CC(=O)O)c1cccc(Cl)c1. The summed E-state index contributed by atoms with van der Waals surface area (Å²) in [6, 6.07) is 11.6. The molecule has 0 aliphatic heterocycles. The molecule has 8 heteroatoms. The molecule has 0 bridgehead atoms. The number of halogens is 2. The van der Waals surface area contributed by atoms with Crippen LogP contribution in [-0.2, 0) is 4.79 Å². The highest BCUT2D eigenvalue weighted by atomic mass is 35.5. The van der Waals surface area contributed by atoms with E-state index < -0.39 is 23.7 Å². The first-order valence-electron chi connectivity index (χ1n) is 8.35. The molecule has 1 aromatic heterocycles. The maximum atomic E-state index is 14.0. The second-order valence-corrected chi connectivity index (χ2v) is 6.52. The Morgan fingerprint density at radius 3 is 2.68 bits per heavy atom. The number of aliphatic carboxylic acids is 1. The van der Waals surface area contributed by atoms with E-state index in [1.165, 1.54) is 25.1 Å². The number of aryl methyl sites for hydroxylation is 1. The van der Waals surface area contributed by atoms with Crippen molar-refractivity contribution in [3.63, 3.8) is 0 Å². The van der Waals surface area contributed by atoms with Gasteiger partial charge < -0.3 is 14.8 Å². The van der Waals surface area contributed by atoms with Crippen LogP contribution in [0.5, 0.6) is 0 Å². The van der Waals surface area contributed by atoms with Gasteiger partial charge in [-0.3, -0.25) is 9.59 Å². The van der Waals surface area contributed by atoms with Crippen molar-refractivity contribution in [2.45, 2.75) is 19.4 Å². The number of nitrogens with zero attached hydrogens (tertiary/aromatic N) is 1. The smallest absolute Gasteiger partial charge is 0.305 e. The van der Waals surface area contributed by atoms with Crippen molar-refractivity contribution in [2.75, 3.05) is 0 Å². The van der Waals surface area contributed by atoms with Crippen molar-refractivity contribution < 1.29 is 23.5 Å². The van der Waals surface area contributed by atoms with Gasteiger partial charge in [0.2, 0.25) is 5.89 Å². The lowest BCUT2D eigenvalue weighted by Gasteiger charge is -2.17. The highest BCUT2D eigenvalue weighted by Crippen LogP contribution is 2.25. The molecule has 0 aliphatic carbocycles. The Kier molecular flexibility index (Phi) is 5.75. The Hall–Kier alpha value is -3.19. The third-order valence-electron chi connectivity index (χ3n) is 4.05. The molecule has 0 aliphatic rings. The van der Waals surface area contributed by atoms with Gasteiger partial charge in [0.1, 0.15) is 11.6 Å². The van der Waals surface area contributed by atoms with Gasteiger partial charge >= 0.3 is 5.97 Å². The Morgan fingerprint density at radius 1 is 1.25 bits per heavy atom. The van der Waals surface area contributed by atoms with Gasteiger partial charge in [-0.25, -0.2) is 9.37 Å². The molecule has 0 unspecified atom stereocenters. The molecule has 0 saturated carbocycles. The normalized spacial score (nSPS) is 11.8. The van der Waals surface area contributed by atoms with E-state index in [4.69, 9.17) is 16.0 Å². The predicted octanol–water partition coefficient (Wildman–Crippen LogP) is 4.39. The molecule has 3 aromatic rings. The standard InChI is InChI=1S/C20H16ClFN2O4/c1-11-18(24-20(28-11)14-7-2-3-8-15(14)22)19(27)23-16(10-17(25)26)12-5-4-6-13(21)9-12/h2-9,16H,10H2,1H3,(H,23,27)(H,25,26)/t16-/m0/s1. The third-order valence-corrected chi connectivity index (χ3v) is 4.29. The number of benzene rings is 2. The molecule has 1 atom stereocenters. The average molecular weight is 403 g/mol. The number of oxazole rings is 1. The molecular formula is C20H16ClFN2O4. The van der Waals surface area contributed by atoms with Crippen LogP contribution in [0.2, 0.25) is 5.02 Å². The van der Waals surface area contributed by atoms with E-state index in [9.17, 15) is 19.1 Å². The molecule has 3 rings (SSSR count). The van der Waals surface area contributed by atoms with E-state index in [1.807, 2.05) is 0 Å². The fourth-order valence-corrected chi connectivity index (χ4v) is 2.93. The molecule has 0 radical (unpaired) electrons. The van der Waals surface area contributed by atoms with Crippen molar-refractivity contribution in [1.29, 1.82) is 0 Å². The van der Waals surface area contributed by atoms with E-state index in [2.05, 4.69) is 10.3 Å². The number of amides is 1. The lowest BCUT2D eigenvalue weighted by atomic mass is 10.0. The molecule has 2 aromatic carbocycles. The molecule has 2 N–H and O–H groups in total. The van der Waals surface area contributed by atoms with Crippen LogP contribution in [0.15, 0.2) is 52.9 Å². The summed E-state index contributed by atoms with van der Waals surface area (Å²) in [6.07, 6.45) is -0.344. The van der Waals surface area contributed by atoms with Gasteiger partial charge in [0.15, 0.2) is 5.69 Å². The van der Waals surface area contributed by atoms with Gasteiger partial charge in [0, 0.05) is 5.02 Å². The number of carbonyl (C=O) groups excluding carboxylic acids is 1. The second-order valence-electron chi connectivity index (χ2n) is 6.08. The van der Waals surface area contributed by atoms with Gasteiger partial charge in [0.05, 0.1) is 18.0 Å². The highest BCUT2D eigenvalue weighted by molar-refractivity contribution is 6.30. The number of carboxylic acids is 1. The minimum Gasteiger partial charge on any atom is -0.481 e. The molecule has 144 valence electrons. The lowest BCUT2D eigenvalue weighted by Crippen LogP contribution is -2.30. The van der Waals surface area contributed by atoms with Gasteiger partial charge in [-0.05, 0) is 36.8 Å². The van der Waals surface area contributed by atoms with Crippen LogP contribution in [0.4, 0.5) is 4.39 Å². The van der Waals surface area contributed by atoms with Crippen LogP contribution in [0.3, 0.4) is 0 Å².